The molecule has 1 amide bonds. The number of hydrogen-bond acceptors (Lipinski definition) is 6. The molecule has 1 fully saturated rings. The number of alkyl halides is 3. The van der Waals surface area contributed by atoms with Crippen molar-refractivity contribution in [3.05, 3.63) is 47.3 Å². The third-order valence-corrected chi connectivity index (χ3v) is 8.81. The molecule has 32 heavy (non-hydrogen) atoms. The molecule has 0 aliphatic carbocycles. The Morgan fingerprint density at radius 3 is 2.41 bits per heavy atom. The van der Waals surface area contributed by atoms with Gasteiger partial charge in [-0.25, -0.2) is 8.42 Å². The van der Waals surface area contributed by atoms with E-state index < -0.39 is 33.7 Å². The van der Waals surface area contributed by atoms with E-state index in [1.54, 1.807) is 11.4 Å². The van der Waals surface area contributed by atoms with Gasteiger partial charge in [0.05, 0.1) is 0 Å². The van der Waals surface area contributed by atoms with Gasteiger partial charge in [-0.3, -0.25) is 4.79 Å². The molecular weight excluding hydrogens is 467 g/mol. The molecule has 12 heteroatoms. The number of thiophene rings is 1. The Bertz CT molecular complexity index is 1040. The van der Waals surface area contributed by atoms with Crippen LogP contribution in [0.15, 0.2) is 46.0 Å². The van der Waals surface area contributed by atoms with E-state index in [9.17, 15) is 31.5 Å². The second-order valence-electron chi connectivity index (χ2n) is 7.76. The van der Waals surface area contributed by atoms with Crippen molar-refractivity contribution in [3.63, 3.8) is 0 Å². The number of sulfonamides is 1. The molecule has 7 nitrogen and oxygen atoms in total. The van der Waals surface area contributed by atoms with Gasteiger partial charge >= 0.3 is 6.18 Å². The molecule has 2 aromatic rings. The van der Waals surface area contributed by atoms with Crippen molar-refractivity contribution < 1.29 is 31.5 Å². The highest BCUT2D eigenvalue weighted by Crippen LogP contribution is 2.39. The number of amides is 1. The molecule has 1 aromatic heterocycles. The number of carbonyl (C=O) groups excluding carboxylic acids is 1. The van der Waals surface area contributed by atoms with E-state index in [0.717, 1.165) is 11.3 Å². The van der Waals surface area contributed by atoms with Crippen molar-refractivity contribution >= 4 is 33.0 Å². The Labute approximate surface area is 188 Å². The largest absolute Gasteiger partial charge is 0.421 e. The van der Waals surface area contributed by atoms with Gasteiger partial charge in [-0.05, 0) is 42.5 Å². The zero-order valence-corrected chi connectivity index (χ0v) is 18.9. The average Bonchev–Trinajstić information content (AvgIpc) is 3.27. The zero-order chi connectivity index (χ0) is 23.7. The number of rotatable bonds is 7. The van der Waals surface area contributed by atoms with Gasteiger partial charge < -0.3 is 15.7 Å². The van der Waals surface area contributed by atoms with E-state index >= 15 is 0 Å². The molecule has 0 unspecified atom stereocenters. The molecule has 2 heterocycles. The van der Waals surface area contributed by atoms with Crippen LogP contribution in [0, 0.1) is 0 Å². The van der Waals surface area contributed by atoms with Gasteiger partial charge in [-0.1, -0.05) is 18.2 Å². The number of carbonyl (C=O) groups is 1. The quantitative estimate of drug-likeness (QED) is 0.620. The van der Waals surface area contributed by atoms with Crippen LogP contribution in [0.25, 0.3) is 0 Å². The van der Waals surface area contributed by atoms with Gasteiger partial charge in [0.25, 0.3) is 10.0 Å². The maximum atomic E-state index is 13.1. The predicted octanol–water partition coefficient (Wildman–Crippen LogP) is 2.66. The van der Waals surface area contributed by atoms with Gasteiger partial charge in [0.1, 0.15) is 4.21 Å². The van der Waals surface area contributed by atoms with Crippen LogP contribution in [0.2, 0.25) is 0 Å². The van der Waals surface area contributed by atoms with Gasteiger partial charge in [0, 0.05) is 37.8 Å². The first-order chi connectivity index (χ1) is 14.8. The zero-order valence-electron chi connectivity index (χ0n) is 17.2. The fraction of sp³-hybridized carbons (Fsp3) is 0.450. The molecule has 176 valence electrons. The number of nitrogens with zero attached hydrogens (tertiary/aromatic N) is 2. The van der Waals surface area contributed by atoms with Crippen molar-refractivity contribution in [2.45, 2.75) is 41.8 Å². The van der Waals surface area contributed by atoms with Crippen LogP contribution in [-0.4, -0.2) is 55.6 Å². The number of primary amides is 1. The molecule has 0 radical (unpaired) electrons. The number of halogens is 3. The van der Waals surface area contributed by atoms with Crippen molar-refractivity contribution in [1.82, 2.24) is 4.31 Å². The monoisotopic (exact) mass is 491 g/mol. The first-order valence-electron chi connectivity index (χ1n) is 9.82. The van der Waals surface area contributed by atoms with Gasteiger partial charge in [-0.2, -0.15) is 17.5 Å². The molecule has 1 aromatic carbocycles. The second-order valence-corrected chi connectivity index (χ2v) is 10.9. The molecule has 0 saturated carbocycles. The van der Waals surface area contributed by atoms with Gasteiger partial charge in [0.2, 0.25) is 5.91 Å². The van der Waals surface area contributed by atoms with E-state index in [0.29, 0.717) is 12.6 Å². The maximum absolute atomic E-state index is 13.1. The Balaban J connectivity index is 1.85. The summed E-state index contributed by atoms with van der Waals surface area (Å²) in [6, 6.07) is 8.07. The molecule has 2 atom stereocenters. The summed E-state index contributed by atoms with van der Waals surface area (Å²) in [5.41, 5.74) is 2.54. The van der Waals surface area contributed by atoms with Crippen LogP contribution < -0.4 is 10.6 Å². The van der Waals surface area contributed by atoms with Crippen LogP contribution in [0.4, 0.5) is 18.9 Å². The molecule has 3 rings (SSSR count). The normalized spacial score (nSPS) is 20.2. The lowest BCUT2D eigenvalue weighted by Crippen LogP contribution is -2.55. The highest BCUT2D eigenvalue weighted by Gasteiger charge is 2.51. The molecule has 1 aliphatic heterocycles. The Morgan fingerprint density at radius 1 is 1.22 bits per heavy atom. The summed E-state index contributed by atoms with van der Waals surface area (Å²) in [7, 11) is -3.69. The first kappa shape index (κ1) is 24.5. The van der Waals surface area contributed by atoms with Crippen molar-refractivity contribution in [3.8, 4) is 0 Å². The van der Waals surface area contributed by atoms with E-state index in [-0.39, 0.29) is 42.2 Å². The number of aliphatic hydroxyl groups is 1. The summed E-state index contributed by atoms with van der Waals surface area (Å²) in [5, 5.41) is 11.5. The highest BCUT2D eigenvalue weighted by molar-refractivity contribution is 7.91. The minimum atomic E-state index is -4.83. The van der Waals surface area contributed by atoms with Crippen molar-refractivity contribution in [2.75, 3.05) is 24.5 Å². The summed E-state index contributed by atoms with van der Waals surface area (Å²) < 4.78 is 66.8. The molecule has 1 aliphatic rings. The number of hydrogen-bond donors (Lipinski definition) is 2. The van der Waals surface area contributed by atoms with Crippen molar-refractivity contribution in [1.29, 1.82) is 0 Å². The van der Waals surface area contributed by atoms with Crippen LogP contribution in [-0.2, 0) is 20.4 Å². The second kappa shape index (κ2) is 9.00. The first-order valence-corrected chi connectivity index (χ1v) is 12.1. The summed E-state index contributed by atoms with van der Waals surface area (Å²) in [5.74, 6) is -0.528. The van der Waals surface area contributed by atoms with Crippen LogP contribution in [0.1, 0.15) is 25.3 Å². The minimum Gasteiger partial charge on any atom is -0.376 e. The Hall–Kier alpha value is -2.15. The lowest BCUT2D eigenvalue weighted by Gasteiger charge is -2.42. The van der Waals surface area contributed by atoms with Crippen LogP contribution >= 0.6 is 11.3 Å². The molecule has 0 bridgehead atoms. The number of nitrogens with two attached hydrogens (primary N) is 1. The summed E-state index contributed by atoms with van der Waals surface area (Å²) in [6.07, 6.45) is -4.51. The van der Waals surface area contributed by atoms with E-state index in [4.69, 9.17) is 5.73 Å². The fourth-order valence-corrected chi connectivity index (χ4v) is 6.23. The third kappa shape index (κ3) is 4.92. The molecular formula is C20H24F3N3O4S2. The SMILES string of the molecule is C[C@](O)(c1ccc(N2CCN(S(=O)(=O)c3cccs3)C[C@@H]2CCC(N)=O)cc1)C(F)(F)F. The highest BCUT2D eigenvalue weighted by atomic mass is 32.2. The van der Waals surface area contributed by atoms with E-state index in [1.807, 2.05) is 4.90 Å². The van der Waals surface area contributed by atoms with Crippen LogP contribution in [0.5, 0.6) is 0 Å². The molecule has 1 saturated heterocycles. The lowest BCUT2D eigenvalue weighted by atomic mass is 9.95. The number of anilines is 1. The Morgan fingerprint density at radius 2 is 1.88 bits per heavy atom. The van der Waals surface area contributed by atoms with Gasteiger partial charge in [0.15, 0.2) is 5.60 Å². The van der Waals surface area contributed by atoms with E-state index in [1.165, 1.54) is 34.6 Å². The van der Waals surface area contributed by atoms with E-state index in [2.05, 4.69) is 0 Å². The lowest BCUT2D eigenvalue weighted by molar-refractivity contribution is -0.258. The minimum absolute atomic E-state index is 0.0366. The number of piperazine rings is 1. The van der Waals surface area contributed by atoms with Gasteiger partial charge in [-0.15, -0.1) is 11.3 Å². The van der Waals surface area contributed by atoms with Crippen molar-refractivity contribution in [2.24, 2.45) is 5.73 Å². The summed E-state index contributed by atoms with van der Waals surface area (Å²) >= 11 is 1.11. The predicted molar refractivity (Wildman–Crippen MR) is 115 cm³/mol. The summed E-state index contributed by atoms with van der Waals surface area (Å²) in [6.45, 7) is 1.25. The standard InChI is InChI=1S/C20H24F3N3O4S2/c1-19(28,20(21,22)23)14-4-6-15(7-5-14)26-11-10-25(13-16(26)8-9-17(24)27)32(29,30)18-3-2-12-31-18/h2-7,12,16,28H,8-11,13H2,1H3,(H2,24,27)/t16-,19-/m0/s1. The molecule has 3 N–H and O–H groups in total. The average molecular weight is 492 g/mol. The summed E-state index contributed by atoms with van der Waals surface area (Å²) in [4.78, 5) is 13.2. The Kier molecular flexibility index (Phi) is 6.89. The maximum Gasteiger partial charge on any atom is 0.421 e. The fourth-order valence-electron chi connectivity index (χ4n) is 3.62. The smallest absolute Gasteiger partial charge is 0.376 e. The topological polar surface area (TPSA) is 104 Å². The third-order valence-electron chi connectivity index (χ3n) is 5.57. The molecule has 0 spiro atoms. The van der Waals surface area contributed by atoms with Crippen LogP contribution in [0.3, 0.4) is 0 Å². The number of benzene rings is 1.